The van der Waals surface area contributed by atoms with Crippen molar-refractivity contribution >= 4 is 5.97 Å². The third kappa shape index (κ3) is 1.87. The van der Waals surface area contributed by atoms with E-state index in [0.29, 0.717) is 19.8 Å². The fourth-order valence-electron chi connectivity index (χ4n) is 1.90. The summed E-state index contributed by atoms with van der Waals surface area (Å²) in [7, 11) is 0. The monoisotopic (exact) mass is 210 g/mol. The summed E-state index contributed by atoms with van der Waals surface area (Å²) in [5.74, 6) is -0.821. The van der Waals surface area contributed by atoms with E-state index in [9.17, 15) is 4.79 Å². The second-order valence-electron chi connectivity index (χ2n) is 3.56. The van der Waals surface area contributed by atoms with Gasteiger partial charge in [0.05, 0.1) is 31.0 Å². The molecule has 0 fully saturated rings. The number of aryl methyl sites for hydroxylation is 1. The first-order valence-electron chi connectivity index (χ1n) is 5.09. The predicted molar refractivity (Wildman–Crippen MR) is 52.6 cm³/mol. The van der Waals surface area contributed by atoms with Crippen molar-refractivity contribution in [3.8, 4) is 0 Å². The van der Waals surface area contributed by atoms with Crippen molar-refractivity contribution in [1.82, 2.24) is 9.78 Å². The molecular formula is C10H14N2O3. The minimum absolute atomic E-state index is 0.0273. The lowest BCUT2D eigenvalue weighted by molar-refractivity contribution is -0.136. The minimum atomic E-state index is -0.821. The van der Waals surface area contributed by atoms with Crippen LogP contribution in [0.5, 0.6) is 0 Å². The van der Waals surface area contributed by atoms with Crippen molar-refractivity contribution in [1.29, 1.82) is 0 Å². The zero-order valence-corrected chi connectivity index (χ0v) is 8.69. The molecule has 0 saturated heterocycles. The lowest BCUT2D eigenvalue weighted by atomic mass is 10.1. The van der Waals surface area contributed by atoms with Crippen LogP contribution in [0.2, 0.25) is 0 Å². The van der Waals surface area contributed by atoms with Gasteiger partial charge in [0.1, 0.15) is 0 Å². The van der Waals surface area contributed by atoms with Crippen LogP contribution in [0.25, 0.3) is 0 Å². The normalized spacial score (nSPS) is 15.0. The van der Waals surface area contributed by atoms with Crippen molar-refractivity contribution in [2.75, 3.05) is 6.61 Å². The first-order chi connectivity index (χ1) is 7.22. The predicted octanol–water partition coefficient (Wildman–Crippen LogP) is 0.603. The van der Waals surface area contributed by atoms with Crippen LogP contribution in [0.3, 0.4) is 0 Å². The fraction of sp³-hybridized carbons (Fsp3) is 0.600. The van der Waals surface area contributed by atoms with Crippen molar-refractivity contribution in [3.05, 3.63) is 17.0 Å². The molecule has 0 aromatic carbocycles. The number of nitrogens with zero attached hydrogens (tertiary/aromatic N) is 2. The van der Waals surface area contributed by atoms with E-state index >= 15 is 0 Å². The van der Waals surface area contributed by atoms with E-state index in [4.69, 9.17) is 9.84 Å². The zero-order chi connectivity index (χ0) is 10.8. The molecule has 15 heavy (non-hydrogen) atoms. The van der Waals surface area contributed by atoms with Crippen LogP contribution in [-0.2, 0) is 35.5 Å². The van der Waals surface area contributed by atoms with Crippen LogP contribution >= 0.6 is 0 Å². The molecule has 1 N–H and O–H groups in total. The molecule has 2 heterocycles. The Balaban J connectivity index is 2.39. The summed E-state index contributed by atoms with van der Waals surface area (Å²) in [5, 5.41) is 13.2. The molecule has 0 saturated carbocycles. The lowest BCUT2D eigenvalue weighted by Crippen LogP contribution is -2.12. The van der Waals surface area contributed by atoms with Gasteiger partial charge in [-0.3, -0.25) is 9.48 Å². The number of carbonyl (C=O) groups is 1. The summed E-state index contributed by atoms with van der Waals surface area (Å²) < 4.78 is 7.10. The molecule has 0 bridgehead atoms. The van der Waals surface area contributed by atoms with Gasteiger partial charge in [-0.25, -0.2) is 0 Å². The van der Waals surface area contributed by atoms with Crippen LogP contribution in [-0.4, -0.2) is 27.5 Å². The van der Waals surface area contributed by atoms with E-state index in [1.54, 1.807) is 4.68 Å². The SMILES string of the molecule is CCn1nc2c(c1CC(=O)O)COCC2. The largest absolute Gasteiger partial charge is 0.481 e. The Morgan fingerprint density at radius 3 is 3.13 bits per heavy atom. The van der Waals surface area contributed by atoms with E-state index < -0.39 is 5.97 Å². The van der Waals surface area contributed by atoms with Gasteiger partial charge < -0.3 is 9.84 Å². The van der Waals surface area contributed by atoms with Crippen LogP contribution < -0.4 is 0 Å². The molecule has 0 spiro atoms. The lowest BCUT2D eigenvalue weighted by Gasteiger charge is -2.11. The highest BCUT2D eigenvalue weighted by Gasteiger charge is 2.21. The number of aliphatic carboxylic acids is 1. The Morgan fingerprint density at radius 1 is 1.67 bits per heavy atom. The summed E-state index contributed by atoms with van der Waals surface area (Å²) in [6.07, 6.45) is 0.814. The molecule has 1 aliphatic heterocycles. The number of hydrogen-bond acceptors (Lipinski definition) is 3. The Hall–Kier alpha value is -1.36. The van der Waals surface area contributed by atoms with E-state index in [2.05, 4.69) is 5.10 Å². The van der Waals surface area contributed by atoms with Crippen LogP contribution in [0.4, 0.5) is 0 Å². The maximum Gasteiger partial charge on any atom is 0.309 e. The Bertz CT molecular complexity index is 384. The molecule has 0 amide bonds. The number of carboxylic acids is 1. The average Bonchev–Trinajstić information content (AvgIpc) is 2.56. The molecule has 0 aliphatic carbocycles. The topological polar surface area (TPSA) is 64.4 Å². The number of rotatable bonds is 3. The molecule has 1 aromatic rings. The fourth-order valence-corrected chi connectivity index (χ4v) is 1.90. The summed E-state index contributed by atoms with van der Waals surface area (Å²) >= 11 is 0. The molecule has 0 atom stereocenters. The third-order valence-electron chi connectivity index (χ3n) is 2.60. The van der Waals surface area contributed by atoms with Crippen LogP contribution in [0.1, 0.15) is 23.9 Å². The van der Waals surface area contributed by atoms with E-state index in [1.807, 2.05) is 6.92 Å². The maximum absolute atomic E-state index is 10.7. The number of carboxylic acid groups (broad SMARTS) is 1. The van der Waals surface area contributed by atoms with Crippen molar-refractivity contribution in [3.63, 3.8) is 0 Å². The zero-order valence-electron chi connectivity index (χ0n) is 8.69. The molecule has 5 nitrogen and oxygen atoms in total. The van der Waals surface area contributed by atoms with Gasteiger partial charge in [0.2, 0.25) is 0 Å². The quantitative estimate of drug-likeness (QED) is 0.793. The molecule has 5 heteroatoms. The number of ether oxygens (including phenoxy) is 1. The van der Waals surface area contributed by atoms with Gasteiger partial charge in [-0.1, -0.05) is 0 Å². The third-order valence-corrected chi connectivity index (χ3v) is 2.60. The van der Waals surface area contributed by atoms with Gasteiger partial charge >= 0.3 is 5.97 Å². The second kappa shape index (κ2) is 4.02. The number of aromatic nitrogens is 2. The van der Waals surface area contributed by atoms with E-state index in [1.165, 1.54) is 0 Å². The molecular weight excluding hydrogens is 196 g/mol. The standard InChI is InChI=1S/C10H14N2O3/c1-2-12-9(5-10(13)14)7-6-15-4-3-8(7)11-12/h2-6H2,1H3,(H,13,14). The van der Waals surface area contributed by atoms with Gasteiger partial charge in [0.25, 0.3) is 0 Å². The number of hydrogen-bond donors (Lipinski definition) is 1. The highest BCUT2D eigenvalue weighted by atomic mass is 16.5. The summed E-state index contributed by atoms with van der Waals surface area (Å²) in [4.78, 5) is 10.7. The number of fused-ring (bicyclic) bond motifs is 1. The average molecular weight is 210 g/mol. The summed E-state index contributed by atoms with van der Waals surface area (Å²) in [5.41, 5.74) is 2.77. The Labute approximate surface area is 87.7 Å². The van der Waals surface area contributed by atoms with Crippen LogP contribution in [0.15, 0.2) is 0 Å². The highest BCUT2D eigenvalue weighted by molar-refractivity contribution is 5.70. The molecule has 0 unspecified atom stereocenters. The van der Waals surface area contributed by atoms with E-state index in [0.717, 1.165) is 23.4 Å². The van der Waals surface area contributed by atoms with Crippen LogP contribution in [0, 0.1) is 0 Å². The van der Waals surface area contributed by atoms with Gasteiger partial charge in [0, 0.05) is 18.5 Å². The Morgan fingerprint density at radius 2 is 2.47 bits per heavy atom. The first kappa shape index (κ1) is 10.2. The Kier molecular flexibility index (Phi) is 2.73. The van der Waals surface area contributed by atoms with E-state index in [-0.39, 0.29) is 6.42 Å². The van der Waals surface area contributed by atoms with Gasteiger partial charge in [-0.2, -0.15) is 5.10 Å². The van der Waals surface area contributed by atoms with Crippen molar-refractivity contribution < 1.29 is 14.6 Å². The molecule has 82 valence electrons. The maximum atomic E-state index is 10.7. The van der Waals surface area contributed by atoms with Crippen molar-refractivity contribution in [2.45, 2.75) is 32.9 Å². The highest BCUT2D eigenvalue weighted by Crippen LogP contribution is 2.21. The first-order valence-corrected chi connectivity index (χ1v) is 5.09. The van der Waals surface area contributed by atoms with Gasteiger partial charge in [-0.05, 0) is 6.92 Å². The van der Waals surface area contributed by atoms with Gasteiger partial charge in [0.15, 0.2) is 0 Å². The van der Waals surface area contributed by atoms with Gasteiger partial charge in [-0.15, -0.1) is 0 Å². The summed E-state index contributed by atoms with van der Waals surface area (Å²) in [6, 6.07) is 0. The molecule has 1 aliphatic rings. The smallest absolute Gasteiger partial charge is 0.309 e. The summed E-state index contributed by atoms with van der Waals surface area (Å²) in [6.45, 7) is 3.85. The molecule has 0 radical (unpaired) electrons. The second-order valence-corrected chi connectivity index (χ2v) is 3.56. The molecule has 2 rings (SSSR count). The minimum Gasteiger partial charge on any atom is -0.481 e. The van der Waals surface area contributed by atoms with Crippen molar-refractivity contribution in [2.24, 2.45) is 0 Å². The molecule has 1 aromatic heterocycles.